The zero-order valence-corrected chi connectivity index (χ0v) is 14.2. The van der Waals surface area contributed by atoms with Gasteiger partial charge in [0.05, 0.1) is 6.26 Å². The average molecular weight is 322 g/mol. The number of rotatable bonds is 4. The Hall–Kier alpha value is -0.910. The van der Waals surface area contributed by atoms with Crippen molar-refractivity contribution in [3.8, 4) is 0 Å². The smallest absolute Gasteiger partial charge is 0.211 e. The van der Waals surface area contributed by atoms with E-state index in [1.807, 2.05) is 0 Å². The first-order chi connectivity index (χ1) is 10.5. The Balaban J connectivity index is 1.58. The molecule has 2 aliphatic heterocycles. The lowest BCUT2D eigenvalue weighted by Crippen LogP contribution is -2.45. The topological polar surface area (TPSA) is 40.6 Å². The van der Waals surface area contributed by atoms with E-state index in [4.69, 9.17) is 0 Å². The van der Waals surface area contributed by atoms with Gasteiger partial charge in [-0.15, -0.1) is 0 Å². The Kier molecular flexibility index (Phi) is 4.57. The Morgan fingerprint density at radius 1 is 1.09 bits per heavy atom. The highest BCUT2D eigenvalue weighted by atomic mass is 32.2. The van der Waals surface area contributed by atoms with Gasteiger partial charge in [-0.05, 0) is 43.2 Å². The first-order valence-electron chi connectivity index (χ1n) is 8.18. The van der Waals surface area contributed by atoms with E-state index >= 15 is 0 Å². The van der Waals surface area contributed by atoms with E-state index in [9.17, 15) is 8.42 Å². The van der Waals surface area contributed by atoms with Crippen LogP contribution in [0.15, 0.2) is 30.3 Å². The lowest BCUT2D eigenvalue weighted by Gasteiger charge is -2.40. The maximum atomic E-state index is 11.8. The van der Waals surface area contributed by atoms with Crippen LogP contribution < -0.4 is 0 Å². The normalized spacial score (nSPS) is 27.5. The largest absolute Gasteiger partial charge is 0.302 e. The number of hydrogen-bond donors (Lipinski definition) is 0. The molecule has 0 radical (unpaired) electrons. The van der Waals surface area contributed by atoms with E-state index in [1.54, 1.807) is 4.31 Å². The second-order valence-corrected chi connectivity index (χ2v) is 8.94. The van der Waals surface area contributed by atoms with E-state index in [2.05, 4.69) is 35.2 Å². The average Bonchev–Trinajstić information content (AvgIpc) is 2.90. The van der Waals surface area contributed by atoms with Crippen LogP contribution in [0.2, 0.25) is 0 Å². The van der Waals surface area contributed by atoms with Gasteiger partial charge in [-0.25, -0.2) is 12.7 Å². The number of hydrogen-bond acceptors (Lipinski definition) is 3. The minimum atomic E-state index is -3.04. The molecule has 2 saturated heterocycles. The molecule has 2 aliphatic rings. The molecule has 0 amide bonds. The Morgan fingerprint density at radius 2 is 1.86 bits per heavy atom. The summed E-state index contributed by atoms with van der Waals surface area (Å²) in [7, 11) is -3.04. The molecule has 2 heterocycles. The summed E-state index contributed by atoms with van der Waals surface area (Å²) in [5, 5.41) is 0. The van der Waals surface area contributed by atoms with Crippen LogP contribution >= 0.6 is 0 Å². The van der Waals surface area contributed by atoms with Crippen molar-refractivity contribution < 1.29 is 8.42 Å². The lowest BCUT2D eigenvalue weighted by atomic mass is 9.79. The van der Waals surface area contributed by atoms with Gasteiger partial charge >= 0.3 is 0 Å². The fourth-order valence-corrected chi connectivity index (χ4v) is 4.87. The van der Waals surface area contributed by atoms with Gasteiger partial charge in [0.2, 0.25) is 10.0 Å². The summed E-state index contributed by atoms with van der Waals surface area (Å²) in [6.07, 6.45) is 5.78. The predicted octanol–water partition coefficient (Wildman–Crippen LogP) is 1.98. The van der Waals surface area contributed by atoms with Crippen LogP contribution in [-0.4, -0.2) is 56.6 Å². The van der Waals surface area contributed by atoms with Crippen LogP contribution in [0, 0.1) is 5.41 Å². The molecule has 0 aliphatic carbocycles. The Labute approximate surface area is 134 Å². The molecular weight excluding hydrogens is 296 g/mol. The summed E-state index contributed by atoms with van der Waals surface area (Å²) < 4.78 is 25.2. The van der Waals surface area contributed by atoms with Gasteiger partial charge in [0, 0.05) is 26.2 Å². The standard InChI is InChI=1S/C17H26N2O2S/c1-22(20,21)19-13-10-17(15-19)9-5-11-18(14-17)12-8-16-6-3-2-4-7-16/h2-4,6-7H,5,8-15H2,1H3/t17-/m1/s1. The second-order valence-electron chi connectivity index (χ2n) is 6.96. The zero-order chi connectivity index (χ0) is 15.6. The fourth-order valence-electron chi connectivity index (χ4n) is 3.94. The number of piperidine rings is 1. The number of nitrogens with zero attached hydrogens (tertiary/aromatic N) is 2. The minimum absolute atomic E-state index is 0.192. The second kappa shape index (κ2) is 6.30. The van der Waals surface area contributed by atoms with Gasteiger partial charge in [0.25, 0.3) is 0 Å². The van der Waals surface area contributed by atoms with E-state index in [0.717, 1.165) is 32.5 Å². The van der Waals surface area contributed by atoms with E-state index < -0.39 is 10.0 Å². The number of sulfonamides is 1. The summed E-state index contributed by atoms with van der Waals surface area (Å²) in [5.74, 6) is 0. The van der Waals surface area contributed by atoms with Crippen molar-refractivity contribution in [2.45, 2.75) is 25.7 Å². The molecule has 22 heavy (non-hydrogen) atoms. The molecule has 2 fully saturated rings. The van der Waals surface area contributed by atoms with Gasteiger partial charge in [-0.3, -0.25) is 0 Å². The first kappa shape index (κ1) is 16.0. The van der Waals surface area contributed by atoms with Crippen molar-refractivity contribution in [3.05, 3.63) is 35.9 Å². The highest BCUT2D eigenvalue weighted by Crippen LogP contribution is 2.39. The molecule has 1 atom stereocenters. The summed E-state index contributed by atoms with van der Waals surface area (Å²) in [4.78, 5) is 2.53. The van der Waals surface area contributed by atoms with E-state index in [1.165, 1.54) is 24.7 Å². The third-order valence-electron chi connectivity index (χ3n) is 5.17. The first-order valence-corrected chi connectivity index (χ1v) is 10.0. The van der Waals surface area contributed by atoms with Crippen LogP contribution in [0.4, 0.5) is 0 Å². The molecule has 1 spiro atoms. The van der Waals surface area contributed by atoms with Crippen molar-refractivity contribution in [1.82, 2.24) is 9.21 Å². The lowest BCUT2D eigenvalue weighted by molar-refractivity contribution is 0.100. The molecule has 0 N–H and O–H groups in total. The van der Waals surface area contributed by atoms with Crippen molar-refractivity contribution in [2.75, 3.05) is 39.0 Å². The van der Waals surface area contributed by atoms with Crippen LogP contribution in [0.5, 0.6) is 0 Å². The summed E-state index contributed by atoms with van der Waals surface area (Å²) >= 11 is 0. The summed E-state index contributed by atoms with van der Waals surface area (Å²) in [6, 6.07) is 10.6. The van der Waals surface area contributed by atoms with Gasteiger partial charge in [0.15, 0.2) is 0 Å². The molecule has 0 aromatic heterocycles. The highest BCUT2D eigenvalue weighted by molar-refractivity contribution is 7.88. The van der Waals surface area contributed by atoms with Crippen LogP contribution in [-0.2, 0) is 16.4 Å². The molecule has 0 unspecified atom stereocenters. The van der Waals surface area contributed by atoms with Crippen LogP contribution in [0.1, 0.15) is 24.8 Å². The van der Waals surface area contributed by atoms with Crippen molar-refractivity contribution in [3.63, 3.8) is 0 Å². The predicted molar refractivity (Wildman–Crippen MR) is 89.3 cm³/mol. The molecule has 4 nitrogen and oxygen atoms in total. The fraction of sp³-hybridized carbons (Fsp3) is 0.647. The Bertz CT molecular complexity index is 602. The monoisotopic (exact) mass is 322 g/mol. The van der Waals surface area contributed by atoms with Crippen molar-refractivity contribution in [2.24, 2.45) is 5.41 Å². The Morgan fingerprint density at radius 3 is 2.55 bits per heavy atom. The van der Waals surface area contributed by atoms with Crippen LogP contribution in [0.3, 0.4) is 0 Å². The molecule has 0 bridgehead atoms. The molecule has 3 rings (SSSR count). The SMILES string of the molecule is CS(=O)(=O)N1CC[C@@]2(CCCN(CCc3ccccc3)C2)C1. The van der Waals surface area contributed by atoms with Gasteiger partial charge in [0.1, 0.15) is 0 Å². The number of likely N-dealkylation sites (tertiary alicyclic amines) is 1. The molecule has 122 valence electrons. The molecular formula is C17H26N2O2S. The van der Waals surface area contributed by atoms with E-state index in [-0.39, 0.29) is 5.41 Å². The van der Waals surface area contributed by atoms with Crippen molar-refractivity contribution >= 4 is 10.0 Å². The molecule has 1 aromatic carbocycles. The van der Waals surface area contributed by atoms with Gasteiger partial charge in [-0.1, -0.05) is 30.3 Å². The summed E-state index contributed by atoms with van der Waals surface area (Å²) in [5.41, 5.74) is 1.57. The van der Waals surface area contributed by atoms with Crippen molar-refractivity contribution in [1.29, 1.82) is 0 Å². The molecule has 1 aromatic rings. The molecule has 5 heteroatoms. The highest BCUT2D eigenvalue weighted by Gasteiger charge is 2.43. The van der Waals surface area contributed by atoms with Gasteiger partial charge < -0.3 is 4.90 Å². The summed E-state index contributed by atoms with van der Waals surface area (Å²) in [6.45, 7) is 4.68. The molecule has 0 saturated carbocycles. The number of benzene rings is 1. The third kappa shape index (κ3) is 3.70. The van der Waals surface area contributed by atoms with E-state index in [0.29, 0.717) is 13.1 Å². The minimum Gasteiger partial charge on any atom is -0.302 e. The van der Waals surface area contributed by atoms with Crippen LogP contribution in [0.25, 0.3) is 0 Å². The maximum Gasteiger partial charge on any atom is 0.211 e. The quantitative estimate of drug-likeness (QED) is 0.851. The maximum absolute atomic E-state index is 11.8. The van der Waals surface area contributed by atoms with Gasteiger partial charge in [-0.2, -0.15) is 0 Å². The third-order valence-corrected chi connectivity index (χ3v) is 6.42. The zero-order valence-electron chi connectivity index (χ0n) is 13.4.